The van der Waals surface area contributed by atoms with Crippen LogP contribution < -0.4 is 51.4 Å². The summed E-state index contributed by atoms with van der Waals surface area (Å²) in [5.74, 6) is -0.541. The largest absolute Gasteiger partial charge is 1.00 e. The van der Waals surface area contributed by atoms with E-state index in [-0.39, 0.29) is 56.9 Å². The van der Waals surface area contributed by atoms with Gasteiger partial charge in [-0.15, -0.1) is 0 Å². The second-order valence-corrected chi connectivity index (χ2v) is 3.34. The van der Waals surface area contributed by atoms with Crippen molar-refractivity contribution >= 4 is 6.98 Å². The fraction of sp³-hybridized carbons (Fsp3) is 0.333. The zero-order valence-corrected chi connectivity index (χ0v) is 12.2. The van der Waals surface area contributed by atoms with Gasteiger partial charge < -0.3 is 12.9 Å². The average molecular weight is 252 g/mol. The van der Waals surface area contributed by atoms with Gasteiger partial charge in [-0.05, 0) is 18.6 Å². The second kappa shape index (κ2) is 6.77. The van der Waals surface area contributed by atoms with Crippen LogP contribution in [0.5, 0.6) is 0 Å². The quantitative estimate of drug-likeness (QED) is 0.689. The van der Waals surface area contributed by atoms with Crippen molar-refractivity contribution in [3.8, 4) is 6.07 Å². The van der Waals surface area contributed by atoms with E-state index >= 15 is 0 Å². The molecular weight excluding hydrogens is 243 g/mol. The van der Waals surface area contributed by atoms with Crippen LogP contribution in [-0.2, 0) is 6.32 Å². The summed E-state index contributed by atoms with van der Waals surface area (Å²) in [7, 11) is 0. The first-order valence-electron chi connectivity index (χ1n) is 4.47. The minimum absolute atomic E-state index is 0. The van der Waals surface area contributed by atoms with E-state index in [1.807, 2.05) is 6.07 Å². The molecule has 0 saturated heterocycles. The standard InChI is InChI=1S/C9H9BF3N2.K/c1-7(5-14)9-2-3-15-6-8(9)4-10(11,12)13;/h2-3,6-7H,4H2,1H3;/q-1;+1. The van der Waals surface area contributed by atoms with Gasteiger partial charge >= 0.3 is 58.4 Å². The summed E-state index contributed by atoms with van der Waals surface area (Å²) < 4.78 is 36.7. The maximum atomic E-state index is 12.2. The number of nitrogens with zero attached hydrogens (tertiary/aromatic N) is 2. The third-order valence-electron chi connectivity index (χ3n) is 2.05. The van der Waals surface area contributed by atoms with Crippen molar-refractivity contribution < 1.29 is 64.3 Å². The van der Waals surface area contributed by atoms with Crippen molar-refractivity contribution in [2.45, 2.75) is 19.2 Å². The van der Waals surface area contributed by atoms with Crippen LogP contribution in [0.4, 0.5) is 12.9 Å². The fourth-order valence-corrected chi connectivity index (χ4v) is 1.35. The van der Waals surface area contributed by atoms with Gasteiger partial charge in [0, 0.05) is 12.4 Å². The van der Waals surface area contributed by atoms with E-state index in [0.29, 0.717) is 5.56 Å². The Labute approximate surface area is 135 Å². The molecule has 16 heavy (non-hydrogen) atoms. The Morgan fingerprint density at radius 1 is 1.50 bits per heavy atom. The Balaban J connectivity index is 0.00000225. The number of hydrogen-bond donors (Lipinski definition) is 0. The van der Waals surface area contributed by atoms with E-state index in [4.69, 9.17) is 5.26 Å². The first kappa shape index (κ1) is 16.1. The van der Waals surface area contributed by atoms with E-state index in [1.165, 1.54) is 18.5 Å². The molecule has 0 amide bonds. The smallest absolute Gasteiger partial charge is 0.449 e. The van der Waals surface area contributed by atoms with Crippen molar-refractivity contribution in [1.82, 2.24) is 4.98 Å². The molecule has 1 unspecified atom stereocenters. The maximum Gasteiger partial charge on any atom is 1.00 e. The van der Waals surface area contributed by atoms with Gasteiger partial charge in [-0.2, -0.15) is 5.26 Å². The van der Waals surface area contributed by atoms with E-state index < -0.39 is 19.2 Å². The van der Waals surface area contributed by atoms with Crippen LogP contribution in [0.3, 0.4) is 0 Å². The average Bonchev–Trinajstić information content (AvgIpc) is 2.15. The number of nitriles is 1. The maximum absolute atomic E-state index is 12.2. The molecule has 1 aromatic rings. The normalized spacial score (nSPS) is 12.4. The zero-order valence-electron chi connectivity index (χ0n) is 9.12. The van der Waals surface area contributed by atoms with Crippen LogP contribution >= 0.6 is 0 Å². The Morgan fingerprint density at radius 2 is 2.12 bits per heavy atom. The Hall–Kier alpha value is 0.131. The van der Waals surface area contributed by atoms with Gasteiger partial charge in [-0.1, -0.05) is 11.9 Å². The molecule has 1 aromatic heterocycles. The summed E-state index contributed by atoms with van der Waals surface area (Å²) in [4.78, 5) is 3.65. The molecule has 0 radical (unpaired) electrons. The van der Waals surface area contributed by atoms with Crippen LogP contribution in [-0.4, -0.2) is 12.0 Å². The first-order chi connectivity index (χ1) is 6.94. The predicted octanol–water partition coefficient (Wildman–Crippen LogP) is -0.358. The molecule has 0 fully saturated rings. The fourth-order valence-electron chi connectivity index (χ4n) is 1.35. The first-order valence-corrected chi connectivity index (χ1v) is 4.47. The zero-order chi connectivity index (χ0) is 11.5. The molecule has 0 bridgehead atoms. The number of halogens is 3. The van der Waals surface area contributed by atoms with Crippen LogP contribution in [0.25, 0.3) is 0 Å². The van der Waals surface area contributed by atoms with Crippen molar-refractivity contribution in [2.75, 3.05) is 0 Å². The van der Waals surface area contributed by atoms with Gasteiger partial charge in [-0.25, -0.2) is 0 Å². The van der Waals surface area contributed by atoms with Crippen LogP contribution in [0.1, 0.15) is 24.0 Å². The third-order valence-corrected chi connectivity index (χ3v) is 2.05. The molecule has 1 rings (SSSR count). The topological polar surface area (TPSA) is 36.7 Å². The number of rotatable bonds is 3. The minimum atomic E-state index is -4.89. The SMILES string of the molecule is CC(C#N)c1ccncc1C[B-](F)(F)F.[K+]. The molecule has 0 saturated carbocycles. The summed E-state index contributed by atoms with van der Waals surface area (Å²) in [6, 6.07) is 3.38. The van der Waals surface area contributed by atoms with Crippen molar-refractivity contribution in [3.63, 3.8) is 0 Å². The summed E-state index contributed by atoms with van der Waals surface area (Å²) in [6.45, 7) is -3.31. The molecule has 2 nitrogen and oxygen atoms in total. The van der Waals surface area contributed by atoms with Gasteiger partial charge in [0.25, 0.3) is 0 Å². The van der Waals surface area contributed by atoms with E-state index in [1.54, 1.807) is 6.92 Å². The van der Waals surface area contributed by atoms with Crippen LogP contribution in [0, 0.1) is 11.3 Å². The Kier molecular flexibility index (Phi) is 6.82. The minimum Gasteiger partial charge on any atom is -0.449 e. The van der Waals surface area contributed by atoms with Gasteiger partial charge in [0.1, 0.15) is 0 Å². The number of pyridine rings is 1. The van der Waals surface area contributed by atoms with Gasteiger partial charge in [0.15, 0.2) is 0 Å². The Bertz CT molecular complexity index is 389. The molecular formula is C9H9BF3KN2. The van der Waals surface area contributed by atoms with Crippen LogP contribution in [0.15, 0.2) is 18.5 Å². The molecule has 0 aliphatic rings. The van der Waals surface area contributed by atoms with Crippen molar-refractivity contribution in [3.05, 3.63) is 29.6 Å². The predicted molar refractivity (Wildman–Crippen MR) is 51.0 cm³/mol. The third kappa shape index (κ3) is 4.97. The van der Waals surface area contributed by atoms with Crippen molar-refractivity contribution in [1.29, 1.82) is 5.26 Å². The summed E-state index contributed by atoms with van der Waals surface area (Å²) in [5.41, 5.74) is 0.505. The number of aromatic nitrogens is 1. The second-order valence-electron chi connectivity index (χ2n) is 3.34. The molecule has 0 spiro atoms. The monoisotopic (exact) mass is 252 g/mol. The van der Waals surface area contributed by atoms with E-state index in [2.05, 4.69) is 4.98 Å². The Morgan fingerprint density at radius 3 is 2.62 bits per heavy atom. The summed E-state index contributed by atoms with van der Waals surface area (Å²) in [5, 5.41) is 8.66. The van der Waals surface area contributed by atoms with Crippen molar-refractivity contribution in [2.24, 2.45) is 0 Å². The molecule has 0 N–H and O–H groups in total. The van der Waals surface area contributed by atoms with Gasteiger partial charge in [-0.3, -0.25) is 4.98 Å². The van der Waals surface area contributed by atoms with E-state index in [9.17, 15) is 12.9 Å². The molecule has 7 heteroatoms. The summed E-state index contributed by atoms with van der Waals surface area (Å²) >= 11 is 0. The molecule has 0 aliphatic carbocycles. The molecule has 0 aliphatic heterocycles. The van der Waals surface area contributed by atoms with E-state index in [0.717, 1.165) is 0 Å². The van der Waals surface area contributed by atoms with Gasteiger partial charge in [0.2, 0.25) is 0 Å². The van der Waals surface area contributed by atoms with Gasteiger partial charge in [0.05, 0.1) is 12.0 Å². The summed E-state index contributed by atoms with van der Waals surface area (Å²) in [6.07, 6.45) is 1.60. The number of hydrogen-bond acceptors (Lipinski definition) is 2. The molecule has 1 heterocycles. The molecule has 0 aromatic carbocycles. The van der Waals surface area contributed by atoms with Crippen LogP contribution in [0.2, 0.25) is 0 Å². The molecule has 1 atom stereocenters. The molecule has 80 valence electrons.